The molecule has 1 aromatic heterocycles. The molecule has 0 N–H and O–H groups in total. The molecule has 3 nitrogen and oxygen atoms in total. The standard InChI is InChI=1S/C26H20FN3S/c1-18-13-15-21(16-14-18)30-25(23-11-4-5-12-24(23)27)28-29-26(30)31-17-20-9-6-8-19-7-2-3-10-22(19)20/h2-16H,17H2,1H3. The van der Waals surface area contributed by atoms with Crippen LogP contribution in [0.4, 0.5) is 4.39 Å². The molecule has 0 spiro atoms. The lowest BCUT2D eigenvalue weighted by atomic mass is 10.1. The number of hydrogen-bond donors (Lipinski definition) is 0. The minimum absolute atomic E-state index is 0.311. The van der Waals surface area contributed by atoms with Crippen molar-refractivity contribution in [1.82, 2.24) is 14.8 Å². The maximum Gasteiger partial charge on any atom is 0.196 e. The van der Waals surface area contributed by atoms with E-state index in [0.717, 1.165) is 22.2 Å². The van der Waals surface area contributed by atoms with E-state index in [9.17, 15) is 4.39 Å². The average Bonchev–Trinajstić information content (AvgIpc) is 3.22. The van der Waals surface area contributed by atoms with Crippen LogP contribution >= 0.6 is 11.8 Å². The number of rotatable bonds is 5. The lowest BCUT2D eigenvalue weighted by Crippen LogP contribution is -2.01. The van der Waals surface area contributed by atoms with Gasteiger partial charge in [0.1, 0.15) is 5.82 Å². The molecule has 5 aromatic rings. The Labute approximate surface area is 184 Å². The number of halogens is 1. The molecule has 0 saturated carbocycles. The molecule has 5 heteroatoms. The number of nitrogens with zero attached hydrogens (tertiary/aromatic N) is 3. The number of aromatic nitrogens is 3. The van der Waals surface area contributed by atoms with Crippen LogP contribution in [0.25, 0.3) is 27.8 Å². The van der Waals surface area contributed by atoms with Crippen molar-refractivity contribution in [3.63, 3.8) is 0 Å². The molecule has 0 atom stereocenters. The summed E-state index contributed by atoms with van der Waals surface area (Å²) in [5.74, 6) is 0.930. The Morgan fingerprint density at radius 1 is 0.806 bits per heavy atom. The van der Waals surface area contributed by atoms with Crippen LogP contribution in [0.2, 0.25) is 0 Å². The number of hydrogen-bond acceptors (Lipinski definition) is 3. The first-order chi connectivity index (χ1) is 15.2. The van der Waals surface area contributed by atoms with Crippen LogP contribution in [-0.4, -0.2) is 14.8 Å². The topological polar surface area (TPSA) is 30.7 Å². The van der Waals surface area contributed by atoms with Gasteiger partial charge in [-0.3, -0.25) is 4.57 Å². The second-order valence-corrected chi connectivity index (χ2v) is 8.33. The molecule has 0 aliphatic carbocycles. The maximum absolute atomic E-state index is 14.6. The van der Waals surface area contributed by atoms with Gasteiger partial charge in [-0.2, -0.15) is 0 Å². The van der Waals surface area contributed by atoms with Gasteiger partial charge in [-0.25, -0.2) is 4.39 Å². The van der Waals surface area contributed by atoms with Crippen LogP contribution < -0.4 is 0 Å². The highest BCUT2D eigenvalue weighted by atomic mass is 32.2. The summed E-state index contributed by atoms with van der Waals surface area (Å²) in [6.07, 6.45) is 0. The Hall–Kier alpha value is -3.44. The Morgan fingerprint density at radius 2 is 1.55 bits per heavy atom. The molecule has 1 heterocycles. The SMILES string of the molecule is Cc1ccc(-n2c(SCc3cccc4ccccc34)nnc2-c2ccccc2F)cc1. The lowest BCUT2D eigenvalue weighted by molar-refractivity contribution is 0.629. The van der Waals surface area contributed by atoms with Gasteiger partial charge in [-0.1, -0.05) is 84.1 Å². The Morgan fingerprint density at radius 3 is 2.39 bits per heavy atom. The molecule has 0 amide bonds. The van der Waals surface area contributed by atoms with Crippen LogP contribution in [0.15, 0.2) is 96.2 Å². The molecule has 0 bridgehead atoms. The van der Waals surface area contributed by atoms with E-state index in [1.165, 1.54) is 22.4 Å². The molecule has 5 rings (SSSR count). The van der Waals surface area contributed by atoms with Gasteiger partial charge in [0, 0.05) is 11.4 Å². The third kappa shape index (κ3) is 3.84. The number of aryl methyl sites for hydroxylation is 1. The molecular formula is C26H20FN3S. The number of benzene rings is 4. The average molecular weight is 426 g/mol. The zero-order chi connectivity index (χ0) is 21.2. The highest BCUT2D eigenvalue weighted by Gasteiger charge is 2.19. The van der Waals surface area contributed by atoms with Gasteiger partial charge in [0.2, 0.25) is 0 Å². The van der Waals surface area contributed by atoms with Gasteiger partial charge in [0.15, 0.2) is 11.0 Å². The Bertz CT molecular complexity index is 1350. The van der Waals surface area contributed by atoms with Crippen molar-refractivity contribution in [3.8, 4) is 17.1 Å². The molecular weight excluding hydrogens is 405 g/mol. The van der Waals surface area contributed by atoms with Gasteiger partial charge in [0.05, 0.1) is 5.56 Å². The van der Waals surface area contributed by atoms with Gasteiger partial charge < -0.3 is 0 Å². The van der Waals surface area contributed by atoms with Gasteiger partial charge in [-0.15, -0.1) is 10.2 Å². The van der Waals surface area contributed by atoms with Crippen LogP contribution in [0.3, 0.4) is 0 Å². The predicted octanol–water partition coefficient (Wildman–Crippen LogP) is 6.83. The minimum Gasteiger partial charge on any atom is -0.270 e. The lowest BCUT2D eigenvalue weighted by Gasteiger charge is -2.12. The second-order valence-electron chi connectivity index (χ2n) is 7.38. The van der Waals surface area contributed by atoms with Gasteiger partial charge in [0.25, 0.3) is 0 Å². The highest BCUT2D eigenvalue weighted by molar-refractivity contribution is 7.98. The maximum atomic E-state index is 14.6. The van der Waals surface area contributed by atoms with Crippen LogP contribution in [0.5, 0.6) is 0 Å². The molecule has 0 unspecified atom stereocenters. The van der Waals surface area contributed by atoms with E-state index in [1.54, 1.807) is 23.9 Å². The van der Waals surface area contributed by atoms with Crippen LogP contribution in [0, 0.1) is 12.7 Å². The summed E-state index contributed by atoms with van der Waals surface area (Å²) in [7, 11) is 0. The van der Waals surface area contributed by atoms with Crippen LogP contribution in [0.1, 0.15) is 11.1 Å². The summed E-state index contributed by atoms with van der Waals surface area (Å²) in [5, 5.41) is 12.0. The largest absolute Gasteiger partial charge is 0.270 e. The highest BCUT2D eigenvalue weighted by Crippen LogP contribution is 2.32. The van der Waals surface area contributed by atoms with Crippen molar-refractivity contribution in [1.29, 1.82) is 0 Å². The minimum atomic E-state index is -0.311. The first-order valence-corrected chi connectivity index (χ1v) is 11.1. The summed E-state index contributed by atoms with van der Waals surface area (Å²) in [5.41, 5.74) is 3.74. The van der Waals surface area contributed by atoms with E-state index in [2.05, 4.69) is 46.6 Å². The number of fused-ring (bicyclic) bond motifs is 1. The third-order valence-electron chi connectivity index (χ3n) is 5.28. The first kappa shape index (κ1) is 19.5. The molecule has 0 aliphatic rings. The number of thioether (sulfide) groups is 1. The normalized spacial score (nSPS) is 11.2. The molecule has 152 valence electrons. The monoisotopic (exact) mass is 425 g/mol. The van der Waals surface area contributed by atoms with Crippen molar-refractivity contribution in [2.75, 3.05) is 0 Å². The Balaban J connectivity index is 1.57. The van der Waals surface area contributed by atoms with E-state index < -0.39 is 0 Å². The quantitative estimate of drug-likeness (QED) is 0.289. The summed E-state index contributed by atoms with van der Waals surface area (Å²) in [4.78, 5) is 0. The van der Waals surface area contributed by atoms with E-state index in [1.807, 2.05) is 47.9 Å². The molecule has 4 aromatic carbocycles. The van der Waals surface area contributed by atoms with Crippen LogP contribution in [-0.2, 0) is 5.75 Å². The van der Waals surface area contributed by atoms with Crippen molar-refractivity contribution in [2.45, 2.75) is 17.8 Å². The van der Waals surface area contributed by atoms with Gasteiger partial charge in [-0.05, 0) is 47.5 Å². The molecule has 0 aliphatic heterocycles. The molecule has 31 heavy (non-hydrogen) atoms. The van der Waals surface area contributed by atoms with E-state index in [0.29, 0.717) is 11.4 Å². The molecule has 0 fully saturated rings. The smallest absolute Gasteiger partial charge is 0.196 e. The van der Waals surface area contributed by atoms with Crippen molar-refractivity contribution < 1.29 is 4.39 Å². The van der Waals surface area contributed by atoms with Crippen molar-refractivity contribution >= 4 is 22.5 Å². The Kier molecular flexibility index (Phi) is 5.26. The molecule has 0 radical (unpaired) electrons. The fourth-order valence-electron chi connectivity index (χ4n) is 3.67. The van der Waals surface area contributed by atoms with E-state index >= 15 is 0 Å². The molecule has 0 saturated heterocycles. The van der Waals surface area contributed by atoms with Crippen molar-refractivity contribution in [3.05, 3.63) is 108 Å². The summed E-state index contributed by atoms with van der Waals surface area (Å²) < 4.78 is 16.5. The zero-order valence-corrected chi connectivity index (χ0v) is 17.8. The zero-order valence-electron chi connectivity index (χ0n) is 17.0. The third-order valence-corrected chi connectivity index (χ3v) is 6.25. The fraction of sp³-hybridized carbons (Fsp3) is 0.0769. The summed E-state index contributed by atoms with van der Waals surface area (Å²) in [6, 6.07) is 29.5. The predicted molar refractivity (Wildman–Crippen MR) is 125 cm³/mol. The van der Waals surface area contributed by atoms with Crippen molar-refractivity contribution in [2.24, 2.45) is 0 Å². The first-order valence-electron chi connectivity index (χ1n) is 10.1. The summed E-state index contributed by atoms with van der Waals surface area (Å²) >= 11 is 1.60. The van der Waals surface area contributed by atoms with E-state index in [-0.39, 0.29) is 5.82 Å². The summed E-state index contributed by atoms with van der Waals surface area (Å²) in [6.45, 7) is 2.05. The van der Waals surface area contributed by atoms with E-state index in [4.69, 9.17) is 0 Å². The fourth-order valence-corrected chi connectivity index (χ4v) is 4.62. The second kappa shape index (κ2) is 8.36. The van der Waals surface area contributed by atoms with Gasteiger partial charge >= 0.3 is 0 Å².